The van der Waals surface area contributed by atoms with Gasteiger partial charge in [-0.15, -0.1) is 0 Å². The molecule has 0 bridgehead atoms. The van der Waals surface area contributed by atoms with Gasteiger partial charge in [-0.2, -0.15) is 0 Å². The van der Waals surface area contributed by atoms with Crippen LogP contribution in [0.1, 0.15) is 24.5 Å². The molecule has 76 valence electrons. The van der Waals surface area contributed by atoms with E-state index in [-0.39, 0.29) is 6.23 Å². The molecule has 0 aliphatic carbocycles. The fourth-order valence-electron chi connectivity index (χ4n) is 1.78. The fraction of sp³-hybridized carbons (Fsp3) is 0.308. The van der Waals surface area contributed by atoms with Crippen LogP contribution in [0.25, 0.3) is 10.9 Å². The van der Waals surface area contributed by atoms with Gasteiger partial charge in [0, 0.05) is 0 Å². The summed E-state index contributed by atoms with van der Waals surface area (Å²) in [6.07, 6.45) is 5.54. The van der Waals surface area contributed by atoms with Crippen LogP contribution in [0.2, 0.25) is 0 Å². The Hall–Kier alpha value is -1.75. The van der Waals surface area contributed by atoms with Gasteiger partial charge in [0.05, 0.1) is 6.42 Å². The topological polar surface area (TPSA) is 13.6 Å². The Morgan fingerprint density at radius 3 is 3.13 bits per heavy atom. The molecule has 0 aromatic heterocycles. The number of aryl methyl sites for hydroxylation is 1. The van der Waals surface area contributed by atoms with Crippen molar-refractivity contribution in [2.24, 2.45) is 0 Å². The van der Waals surface area contributed by atoms with Gasteiger partial charge in [-0.1, -0.05) is 18.2 Å². The number of allylic oxidation sites excluding steroid dienone is 1. The molecule has 1 aromatic rings. The molecule has 0 fully saturated rings. The van der Waals surface area contributed by atoms with Crippen molar-refractivity contribution in [2.45, 2.75) is 26.0 Å². The first-order valence-electron chi connectivity index (χ1n) is 5.12. The van der Waals surface area contributed by atoms with Crippen LogP contribution < -0.4 is 4.74 Å². The Balaban J connectivity index is 2.29. The lowest BCUT2D eigenvalue weighted by molar-refractivity contribution is 0.216. The van der Waals surface area contributed by atoms with E-state index in [0.717, 1.165) is 18.6 Å². The lowest BCUT2D eigenvalue weighted by atomic mass is 10.0. The molecule has 1 aromatic carbocycles. The molecular formula is C13H13NO. The lowest BCUT2D eigenvalue weighted by Gasteiger charge is -2.18. The van der Waals surface area contributed by atoms with E-state index < -0.39 is 0 Å². The molecule has 0 amide bonds. The summed E-state index contributed by atoms with van der Waals surface area (Å²) in [4.78, 5) is 3.42. The summed E-state index contributed by atoms with van der Waals surface area (Å²) in [7, 11) is 0. The summed E-state index contributed by atoms with van der Waals surface area (Å²) in [6.45, 7) is 8.94. The minimum atomic E-state index is -0.287. The first-order valence-corrected chi connectivity index (χ1v) is 5.12. The standard InChI is InChI=1S/C13H13NO/c1-3-4-10-5-7-12-11(9-10)6-8-13(14-2)15-12/h3-5,7,9,13H,6,8H2,1H3/b4-3+. The predicted molar refractivity (Wildman–Crippen MR) is 60.5 cm³/mol. The average molecular weight is 199 g/mol. The quantitative estimate of drug-likeness (QED) is 0.633. The van der Waals surface area contributed by atoms with E-state index in [2.05, 4.69) is 17.0 Å². The zero-order chi connectivity index (χ0) is 10.7. The van der Waals surface area contributed by atoms with Crippen LogP contribution in [0.15, 0.2) is 24.3 Å². The molecule has 2 heteroatoms. The van der Waals surface area contributed by atoms with E-state index in [9.17, 15) is 0 Å². The molecule has 0 radical (unpaired) electrons. The van der Waals surface area contributed by atoms with Crippen molar-refractivity contribution in [1.82, 2.24) is 0 Å². The maximum absolute atomic E-state index is 6.94. The summed E-state index contributed by atoms with van der Waals surface area (Å²) in [5, 5.41) is 0. The number of hydrogen-bond acceptors (Lipinski definition) is 1. The first-order chi connectivity index (χ1) is 7.33. The number of fused-ring (bicyclic) bond motifs is 1. The monoisotopic (exact) mass is 199 g/mol. The molecule has 2 rings (SSSR count). The molecule has 0 saturated carbocycles. The highest BCUT2D eigenvalue weighted by Crippen LogP contribution is 2.29. The number of nitrogens with zero attached hydrogens (tertiary/aromatic N) is 1. The zero-order valence-corrected chi connectivity index (χ0v) is 8.73. The molecule has 2 nitrogen and oxygen atoms in total. The van der Waals surface area contributed by atoms with Crippen molar-refractivity contribution in [1.29, 1.82) is 0 Å². The van der Waals surface area contributed by atoms with Crippen LogP contribution in [-0.4, -0.2) is 6.23 Å². The third-order valence-corrected chi connectivity index (χ3v) is 2.51. The van der Waals surface area contributed by atoms with Gasteiger partial charge in [0.15, 0.2) is 0 Å². The molecule has 0 saturated heterocycles. The molecule has 1 atom stereocenters. The van der Waals surface area contributed by atoms with E-state index in [1.54, 1.807) is 0 Å². The van der Waals surface area contributed by atoms with Gasteiger partial charge in [-0.3, -0.25) is 4.85 Å². The highest BCUT2D eigenvalue weighted by atomic mass is 16.5. The van der Waals surface area contributed by atoms with Crippen LogP contribution in [0, 0.1) is 6.57 Å². The third kappa shape index (κ3) is 2.02. The van der Waals surface area contributed by atoms with Crippen LogP contribution in [0.3, 0.4) is 0 Å². The van der Waals surface area contributed by atoms with Gasteiger partial charge >= 0.3 is 6.23 Å². The Kier molecular flexibility index (Phi) is 2.73. The minimum absolute atomic E-state index is 0.287. The smallest absolute Gasteiger partial charge is 0.366 e. The molecule has 15 heavy (non-hydrogen) atoms. The van der Waals surface area contributed by atoms with Crippen molar-refractivity contribution in [3.63, 3.8) is 0 Å². The zero-order valence-electron chi connectivity index (χ0n) is 8.73. The van der Waals surface area contributed by atoms with Crippen molar-refractivity contribution in [3.8, 4) is 5.75 Å². The molecular weight excluding hydrogens is 186 g/mol. The molecule has 1 heterocycles. The second-order valence-corrected chi connectivity index (χ2v) is 3.61. The summed E-state index contributed by atoms with van der Waals surface area (Å²) in [5.41, 5.74) is 2.41. The van der Waals surface area contributed by atoms with Crippen molar-refractivity contribution >= 4 is 6.08 Å². The highest BCUT2D eigenvalue weighted by molar-refractivity contribution is 5.53. The van der Waals surface area contributed by atoms with Gasteiger partial charge in [0.1, 0.15) is 5.75 Å². The van der Waals surface area contributed by atoms with Crippen LogP contribution in [-0.2, 0) is 6.42 Å². The number of hydrogen-bond donors (Lipinski definition) is 0. The Bertz CT molecular complexity index is 429. The van der Waals surface area contributed by atoms with E-state index in [1.165, 1.54) is 11.1 Å². The van der Waals surface area contributed by atoms with Crippen molar-refractivity contribution in [2.75, 3.05) is 0 Å². The maximum Gasteiger partial charge on any atom is 0.366 e. The minimum Gasteiger partial charge on any atom is -0.423 e. The van der Waals surface area contributed by atoms with Gasteiger partial charge in [0.2, 0.25) is 0 Å². The number of benzene rings is 1. The van der Waals surface area contributed by atoms with E-state index in [4.69, 9.17) is 11.3 Å². The Morgan fingerprint density at radius 1 is 1.53 bits per heavy atom. The van der Waals surface area contributed by atoms with E-state index in [0.29, 0.717) is 0 Å². The first kappa shape index (κ1) is 9.79. The SMILES string of the molecule is [C-]#[N+]C1CCc2cc(/C=C/C)ccc2O1. The molecule has 0 spiro atoms. The normalized spacial score (nSPS) is 19.3. The maximum atomic E-state index is 6.94. The van der Waals surface area contributed by atoms with Gasteiger partial charge in [-0.05, 0) is 36.6 Å². The van der Waals surface area contributed by atoms with Crippen molar-refractivity contribution in [3.05, 3.63) is 46.8 Å². The Morgan fingerprint density at radius 2 is 2.40 bits per heavy atom. The van der Waals surface area contributed by atoms with Gasteiger partial charge < -0.3 is 4.74 Å². The molecule has 1 unspecified atom stereocenters. The number of ether oxygens (including phenoxy) is 1. The predicted octanol–water partition coefficient (Wildman–Crippen LogP) is 3.29. The van der Waals surface area contributed by atoms with Gasteiger partial charge in [0.25, 0.3) is 0 Å². The third-order valence-electron chi connectivity index (χ3n) is 2.51. The van der Waals surface area contributed by atoms with Crippen molar-refractivity contribution < 1.29 is 4.74 Å². The summed E-state index contributed by atoms with van der Waals surface area (Å²) in [6, 6.07) is 6.11. The Labute approximate surface area is 90.0 Å². The van der Waals surface area contributed by atoms with Gasteiger partial charge in [-0.25, -0.2) is 6.57 Å². The van der Waals surface area contributed by atoms with E-state index >= 15 is 0 Å². The second-order valence-electron chi connectivity index (χ2n) is 3.61. The number of rotatable bonds is 1. The summed E-state index contributed by atoms with van der Waals surface area (Å²) in [5.74, 6) is 0.871. The lowest BCUT2D eigenvalue weighted by Crippen LogP contribution is -2.18. The van der Waals surface area contributed by atoms with Crippen LogP contribution >= 0.6 is 0 Å². The van der Waals surface area contributed by atoms with Crippen LogP contribution in [0.4, 0.5) is 0 Å². The molecule has 1 aliphatic rings. The van der Waals surface area contributed by atoms with Crippen LogP contribution in [0.5, 0.6) is 5.75 Å². The summed E-state index contributed by atoms with van der Waals surface area (Å²) < 4.78 is 5.54. The fourth-order valence-corrected chi connectivity index (χ4v) is 1.78. The van der Waals surface area contributed by atoms with E-state index in [1.807, 2.05) is 25.1 Å². The second kappa shape index (κ2) is 4.18. The average Bonchev–Trinajstić information content (AvgIpc) is 2.29. The largest absolute Gasteiger partial charge is 0.423 e. The highest BCUT2D eigenvalue weighted by Gasteiger charge is 2.22. The molecule has 1 aliphatic heterocycles. The summed E-state index contributed by atoms with van der Waals surface area (Å²) >= 11 is 0. The molecule has 0 N–H and O–H groups in total.